The number of hydrogen-bond donors (Lipinski definition) is 1. The van der Waals surface area contributed by atoms with Crippen LogP contribution in [0.4, 0.5) is 5.69 Å². The van der Waals surface area contributed by atoms with Gasteiger partial charge in [-0.1, -0.05) is 19.9 Å². The Kier molecular flexibility index (Phi) is 6.30. The molecule has 0 bridgehead atoms. The summed E-state index contributed by atoms with van der Waals surface area (Å²) in [5, 5.41) is 10.2. The molecule has 2 aliphatic rings. The monoisotopic (exact) mass is 422 g/mol. The van der Waals surface area contributed by atoms with Gasteiger partial charge in [-0.25, -0.2) is 8.42 Å². The third kappa shape index (κ3) is 5.12. The maximum Gasteiger partial charge on any atom is 0.226 e. The van der Waals surface area contributed by atoms with E-state index < -0.39 is 15.4 Å². The first-order valence-corrected chi connectivity index (χ1v) is 12.4. The van der Waals surface area contributed by atoms with Gasteiger partial charge >= 0.3 is 0 Å². The lowest BCUT2D eigenvalue weighted by atomic mass is 9.79. The van der Waals surface area contributed by atoms with E-state index in [1.165, 1.54) is 6.26 Å². The van der Waals surface area contributed by atoms with Crippen LogP contribution >= 0.6 is 0 Å². The van der Waals surface area contributed by atoms with Crippen LogP contribution in [0.25, 0.3) is 0 Å². The van der Waals surface area contributed by atoms with Gasteiger partial charge in [0.05, 0.1) is 16.5 Å². The fraction of sp³-hybridized carbons (Fsp3) is 0.682. The highest BCUT2D eigenvalue weighted by atomic mass is 32.2. The Labute approximate surface area is 174 Å². The highest BCUT2D eigenvalue weighted by Crippen LogP contribution is 2.34. The molecular weight excluding hydrogens is 388 g/mol. The molecule has 1 atom stereocenters. The van der Waals surface area contributed by atoms with Crippen molar-refractivity contribution in [2.45, 2.75) is 63.0 Å². The lowest BCUT2D eigenvalue weighted by Gasteiger charge is -2.46. The number of rotatable bonds is 4. The Hall–Kier alpha value is -1.60. The average molecular weight is 423 g/mol. The van der Waals surface area contributed by atoms with Gasteiger partial charge in [-0.3, -0.25) is 4.79 Å². The molecule has 0 aromatic heterocycles. The second kappa shape index (κ2) is 8.26. The number of carbonyl (C=O) groups excluding carboxylic acids is 1. The van der Waals surface area contributed by atoms with Crippen LogP contribution in [0.5, 0.6) is 0 Å². The number of aliphatic hydroxyl groups is 1. The second-order valence-corrected chi connectivity index (χ2v) is 11.3. The number of carbonyl (C=O) groups is 1. The minimum absolute atomic E-state index is 0.00316. The number of piperazine rings is 1. The fourth-order valence-corrected chi connectivity index (χ4v) is 5.18. The number of nitrogens with zero attached hydrogens (tertiary/aromatic N) is 2. The highest BCUT2D eigenvalue weighted by Gasteiger charge is 2.38. The normalized spacial score (nSPS) is 28.6. The summed E-state index contributed by atoms with van der Waals surface area (Å²) in [5.41, 5.74) is 0.247. The van der Waals surface area contributed by atoms with Crippen molar-refractivity contribution in [1.82, 2.24) is 4.90 Å². The molecular formula is C22H34N2O4S. The van der Waals surface area contributed by atoms with Gasteiger partial charge < -0.3 is 14.9 Å². The van der Waals surface area contributed by atoms with Gasteiger partial charge in [-0.05, 0) is 56.7 Å². The maximum absolute atomic E-state index is 13.3. The molecule has 1 aliphatic heterocycles. The topological polar surface area (TPSA) is 77.9 Å². The Bertz CT molecular complexity index is 840. The minimum atomic E-state index is -3.25. The second-order valence-electron chi connectivity index (χ2n) is 9.33. The van der Waals surface area contributed by atoms with E-state index in [2.05, 4.69) is 18.7 Å². The van der Waals surface area contributed by atoms with Gasteiger partial charge in [-0.2, -0.15) is 0 Å². The Morgan fingerprint density at radius 3 is 2.45 bits per heavy atom. The lowest BCUT2D eigenvalue weighted by Crippen LogP contribution is -2.58. The third-order valence-corrected chi connectivity index (χ3v) is 7.60. The first-order valence-electron chi connectivity index (χ1n) is 10.6. The van der Waals surface area contributed by atoms with E-state index >= 15 is 0 Å². The highest BCUT2D eigenvalue weighted by molar-refractivity contribution is 7.90. The molecule has 1 saturated carbocycles. The van der Waals surface area contributed by atoms with Crippen molar-refractivity contribution in [3.63, 3.8) is 0 Å². The summed E-state index contributed by atoms with van der Waals surface area (Å²) >= 11 is 0. The van der Waals surface area contributed by atoms with Crippen molar-refractivity contribution in [1.29, 1.82) is 0 Å². The number of benzene rings is 1. The number of anilines is 1. The summed E-state index contributed by atoms with van der Waals surface area (Å²) in [6, 6.07) is 7.15. The van der Waals surface area contributed by atoms with E-state index in [-0.39, 0.29) is 17.9 Å². The molecule has 6 nitrogen and oxygen atoms in total. The zero-order chi connectivity index (χ0) is 21.4. The zero-order valence-electron chi connectivity index (χ0n) is 18.0. The van der Waals surface area contributed by atoms with Crippen molar-refractivity contribution in [3.05, 3.63) is 24.3 Å². The first-order chi connectivity index (χ1) is 13.5. The number of amides is 1. The summed E-state index contributed by atoms with van der Waals surface area (Å²) in [6.45, 7) is 8.14. The van der Waals surface area contributed by atoms with E-state index in [0.29, 0.717) is 43.3 Å². The summed E-state index contributed by atoms with van der Waals surface area (Å²) in [4.78, 5) is 17.8. The summed E-state index contributed by atoms with van der Waals surface area (Å²) in [7, 11) is -3.25. The van der Waals surface area contributed by atoms with Crippen molar-refractivity contribution in [2.75, 3.05) is 30.8 Å². The Morgan fingerprint density at radius 2 is 1.86 bits per heavy atom. The van der Waals surface area contributed by atoms with E-state index in [4.69, 9.17) is 0 Å². The third-order valence-electron chi connectivity index (χ3n) is 6.49. The summed E-state index contributed by atoms with van der Waals surface area (Å²) < 4.78 is 23.8. The van der Waals surface area contributed by atoms with Crippen LogP contribution in [0.2, 0.25) is 0 Å². The Morgan fingerprint density at radius 1 is 1.21 bits per heavy atom. The van der Waals surface area contributed by atoms with Crippen molar-refractivity contribution < 1.29 is 18.3 Å². The van der Waals surface area contributed by atoms with Gasteiger partial charge in [-0.15, -0.1) is 0 Å². The molecule has 1 aromatic carbocycles. The molecule has 0 unspecified atom stereocenters. The van der Waals surface area contributed by atoms with Crippen molar-refractivity contribution in [3.8, 4) is 0 Å². The summed E-state index contributed by atoms with van der Waals surface area (Å²) in [5.74, 6) is 0.506. The van der Waals surface area contributed by atoms with Crippen LogP contribution in [-0.2, 0) is 14.6 Å². The molecule has 0 radical (unpaired) electrons. The number of hydrogen-bond acceptors (Lipinski definition) is 5. The Balaban J connectivity index is 1.74. The van der Waals surface area contributed by atoms with Crippen LogP contribution in [0.1, 0.15) is 46.5 Å². The molecule has 1 amide bonds. The smallest absolute Gasteiger partial charge is 0.226 e. The van der Waals surface area contributed by atoms with Crippen LogP contribution in [0, 0.1) is 11.8 Å². The van der Waals surface area contributed by atoms with Gasteiger partial charge in [0.2, 0.25) is 5.91 Å². The summed E-state index contributed by atoms with van der Waals surface area (Å²) in [6.07, 6.45) is 4.06. The van der Waals surface area contributed by atoms with E-state index in [1.807, 2.05) is 17.9 Å². The van der Waals surface area contributed by atoms with Crippen molar-refractivity contribution in [2.24, 2.45) is 11.8 Å². The fourth-order valence-electron chi connectivity index (χ4n) is 4.52. The van der Waals surface area contributed by atoms with Gasteiger partial charge in [0.15, 0.2) is 9.84 Å². The molecule has 1 saturated heterocycles. The molecule has 7 heteroatoms. The molecule has 0 spiro atoms. The number of sulfone groups is 1. The standard InChI is InChI=1S/C22H34N2O4S/c1-16(2)20-15-23(18-6-5-7-19(14-18)29(4,27)28)12-13-24(20)21(25)17-8-10-22(3,26)11-9-17/h5-7,14,16-17,20,26H,8-13,15H2,1-4H3/t17?,20-,22?/m1/s1. The molecule has 162 valence electrons. The van der Waals surface area contributed by atoms with Gasteiger partial charge in [0.1, 0.15) is 0 Å². The molecule has 1 heterocycles. The molecule has 2 fully saturated rings. The average Bonchev–Trinajstić information content (AvgIpc) is 2.66. The predicted molar refractivity (Wildman–Crippen MR) is 115 cm³/mol. The molecule has 29 heavy (non-hydrogen) atoms. The molecule has 1 N–H and O–H groups in total. The minimum Gasteiger partial charge on any atom is -0.390 e. The maximum atomic E-state index is 13.3. The first kappa shape index (κ1) is 22.1. The zero-order valence-corrected chi connectivity index (χ0v) is 18.8. The van der Waals surface area contributed by atoms with E-state index in [9.17, 15) is 18.3 Å². The van der Waals surface area contributed by atoms with Crippen molar-refractivity contribution >= 4 is 21.4 Å². The lowest BCUT2D eigenvalue weighted by molar-refractivity contribution is -0.142. The van der Waals surface area contributed by atoms with Crippen LogP contribution in [0.15, 0.2) is 29.2 Å². The molecule has 1 aliphatic carbocycles. The molecule has 1 aromatic rings. The van der Waals surface area contributed by atoms with Crippen LogP contribution in [0.3, 0.4) is 0 Å². The SMILES string of the molecule is CC(C)[C@H]1CN(c2cccc(S(C)(=O)=O)c2)CCN1C(=O)C1CCC(C)(O)CC1. The predicted octanol–water partition coefficient (Wildman–Crippen LogP) is 2.70. The van der Waals surface area contributed by atoms with E-state index in [0.717, 1.165) is 18.5 Å². The van der Waals surface area contributed by atoms with Crippen LogP contribution < -0.4 is 4.90 Å². The van der Waals surface area contributed by atoms with Gasteiger partial charge in [0.25, 0.3) is 0 Å². The van der Waals surface area contributed by atoms with Gasteiger partial charge in [0, 0.05) is 37.5 Å². The largest absolute Gasteiger partial charge is 0.390 e. The van der Waals surface area contributed by atoms with E-state index in [1.54, 1.807) is 18.2 Å². The quantitative estimate of drug-likeness (QED) is 0.807. The van der Waals surface area contributed by atoms with Crippen LogP contribution in [-0.4, -0.2) is 61.9 Å². The molecule has 3 rings (SSSR count).